The van der Waals surface area contributed by atoms with Crippen LogP contribution in [0.3, 0.4) is 0 Å². The predicted octanol–water partition coefficient (Wildman–Crippen LogP) is 3.96. The minimum atomic E-state index is -0.842. The molecule has 0 saturated heterocycles. The fourth-order valence-electron chi connectivity index (χ4n) is 2.98. The molecular formula is C23H26N4O3S. The summed E-state index contributed by atoms with van der Waals surface area (Å²) in [6.45, 7) is 4.12. The molecule has 8 heteroatoms. The number of anilines is 1. The van der Waals surface area contributed by atoms with E-state index >= 15 is 0 Å². The Kier molecular flexibility index (Phi) is 7.38. The minimum Gasteiger partial charge on any atom is -0.382 e. The Bertz CT molecular complexity index is 1100. The molecule has 2 heterocycles. The highest BCUT2D eigenvalue weighted by Gasteiger charge is 2.23. The summed E-state index contributed by atoms with van der Waals surface area (Å²) in [5, 5.41) is 7.86. The summed E-state index contributed by atoms with van der Waals surface area (Å²) in [4.78, 5) is 29.7. The van der Waals surface area contributed by atoms with Gasteiger partial charge in [0.2, 0.25) is 0 Å². The van der Waals surface area contributed by atoms with Crippen LogP contribution in [-0.2, 0) is 16.6 Å². The molecule has 31 heavy (non-hydrogen) atoms. The van der Waals surface area contributed by atoms with Gasteiger partial charge in [0, 0.05) is 37.5 Å². The molecule has 0 radical (unpaired) electrons. The van der Waals surface area contributed by atoms with E-state index in [9.17, 15) is 9.59 Å². The Morgan fingerprint density at radius 2 is 2.10 bits per heavy atom. The Labute approximate surface area is 185 Å². The zero-order valence-electron chi connectivity index (χ0n) is 18.0. The van der Waals surface area contributed by atoms with Crippen molar-refractivity contribution in [2.75, 3.05) is 19.0 Å². The molecular weight excluding hydrogens is 412 g/mol. The summed E-state index contributed by atoms with van der Waals surface area (Å²) < 4.78 is 6.89. The van der Waals surface area contributed by atoms with Crippen molar-refractivity contribution in [1.29, 1.82) is 0 Å². The highest BCUT2D eigenvalue weighted by molar-refractivity contribution is 7.14. The molecule has 162 valence electrons. The average molecular weight is 439 g/mol. The summed E-state index contributed by atoms with van der Waals surface area (Å²) in [5.41, 5.74) is 4.54. The lowest BCUT2D eigenvalue weighted by Crippen LogP contribution is -2.46. The Hall–Kier alpha value is -3.23. The SMILES string of the molecule is C/C=C(\C)c1cccc(-c2csc(NC(=O)C(COC)NC(=O)c3ccn(C)c3)n2)c1. The van der Waals surface area contributed by atoms with E-state index in [1.54, 1.807) is 23.0 Å². The van der Waals surface area contributed by atoms with Crippen molar-refractivity contribution < 1.29 is 14.3 Å². The van der Waals surface area contributed by atoms with Gasteiger partial charge in [-0.25, -0.2) is 4.98 Å². The van der Waals surface area contributed by atoms with Crippen LogP contribution in [0, 0.1) is 0 Å². The van der Waals surface area contributed by atoms with Gasteiger partial charge >= 0.3 is 0 Å². The lowest BCUT2D eigenvalue weighted by molar-refractivity contribution is -0.119. The smallest absolute Gasteiger partial charge is 0.253 e. The number of ether oxygens (including phenoxy) is 1. The summed E-state index contributed by atoms with van der Waals surface area (Å²) in [6.07, 6.45) is 5.52. The van der Waals surface area contributed by atoms with Crippen LogP contribution in [0.4, 0.5) is 5.13 Å². The molecule has 0 bridgehead atoms. The van der Waals surface area contributed by atoms with Gasteiger partial charge in [0.25, 0.3) is 11.8 Å². The molecule has 0 spiro atoms. The monoisotopic (exact) mass is 438 g/mol. The number of nitrogens with one attached hydrogen (secondary N) is 2. The molecule has 2 amide bonds. The first-order valence-corrected chi connectivity index (χ1v) is 10.7. The lowest BCUT2D eigenvalue weighted by atomic mass is 10.0. The van der Waals surface area contributed by atoms with Crippen LogP contribution >= 0.6 is 11.3 Å². The van der Waals surface area contributed by atoms with E-state index in [0.29, 0.717) is 10.7 Å². The van der Waals surface area contributed by atoms with Crippen LogP contribution in [0.5, 0.6) is 0 Å². The lowest BCUT2D eigenvalue weighted by Gasteiger charge is -2.16. The molecule has 1 atom stereocenters. The molecule has 3 aromatic rings. The summed E-state index contributed by atoms with van der Waals surface area (Å²) in [7, 11) is 3.31. The number of nitrogens with zero attached hydrogens (tertiary/aromatic N) is 2. The van der Waals surface area contributed by atoms with Crippen LogP contribution in [0.2, 0.25) is 0 Å². The Morgan fingerprint density at radius 3 is 2.77 bits per heavy atom. The largest absolute Gasteiger partial charge is 0.382 e. The van der Waals surface area contributed by atoms with Crippen molar-refractivity contribution in [1.82, 2.24) is 14.9 Å². The van der Waals surface area contributed by atoms with Gasteiger partial charge in [0.15, 0.2) is 5.13 Å². The molecule has 3 rings (SSSR count). The molecule has 2 N–H and O–H groups in total. The van der Waals surface area contributed by atoms with E-state index in [2.05, 4.69) is 40.8 Å². The third-order valence-electron chi connectivity index (χ3n) is 4.83. The number of hydrogen-bond acceptors (Lipinski definition) is 5. The molecule has 7 nitrogen and oxygen atoms in total. The highest BCUT2D eigenvalue weighted by Crippen LogP contribution is 2.27. The fourth-order valence-corrected chi connectivity index (χ4v) is 3.70. The Balaban J connectivity index is 1.70. The Morgan fingerprint density at radius 1 is 1.29 bits per heavy atom. The first kappa shape index (κ1) is 22.5. The number of carbonyl (C=O) groups is 2. The number of allylic oxidation sites excluding steroid dienone is 2. The van der Waals surface area contributed by atoms with Gasteiger partial charge in [-0.15, -0.1) is 11.3 Å². The van der Waals surface area contributed by atoms with Crippen molar-refractivity contribution >= 4 is 33.9 Å². The van der Waals surface area contributed by atoms with Crippen molar-refractivity contribution in [3.05, 3.63) is 65.3 Å². The van der Waals surface area contributed by atoms with Gasteiger partial charge < -0.3 is 19.9 Å². The number of rotatable bonds is 8. The second-order valence-corrected chi connectivity index (χ2v) is 7.98. The molecule has 2 aromatic heterocycles. The van der Waals surface area contributed by atoms with E-state index in [1.807, 2.05) is 31.5 Å². The number of benzene rings is 1. The number of carbonyl (C=O) groups excluding carboxylic acids is 2. The van der Waals surface area contributed by atoms with Crippen molar-refractivity contribution in [2.45, 2.75) is 19.9 Å². The third kappa shape index (κ3) is 5.68. The normalized spacial score (nSPS) is 12.5. The second-order valence-electron chi connectivity index (χ2n) is 7.13. The fraction of sp³-hybridized carbons (Fsp3) is 0.261. The van der Waals surface area contributed by atoms with Crippen LogP contribution in [-0.4, -0.2) is 41.1 Å². The van der Waals surface area contributed by atoms with Crippen molar-refractivity contribution in [3.8, 4) is 11.3 Å². The molecule has 0 aliphatic carbocycles. The highest BCUT2D eigenvalue weighted by atomic mass is 32.1. The molecule has 1 aromatic carbocycles. The zero-order chi connectivity index (χ0) is 22.4. The minimum absolute atomic E-state index is 0.0489. The maximum absolute atomic E-state index is 12.8. The number of methoxy groups -OCH3 is 1. The number of aromatic nitrogens is 2. The van der Waals surface area contributed by atoms with Crippen LogP contribution in [0.25, 0.3) is 16.8 Å². The molecule has 1 unspecified atom stereocenters. The van der Waals surface area contributed by atoms with Crippen LogP contribution in [0.15, 0.2) is 54.2 Å². The van der Waals surface area contributed by atoms with Gasteiger partial charge in [-0.05, 0) is 37.1 Å². The summed E-state index contributed by atoms with van der Waals surface area (Å²) >= 11 is 1.33. The maximum Gasteiger partial charge on any atom is 0.253 e. The van der Waals surface area contributed by atoms with Crippen molar-refractivity contribution in [3.63, 3.8) is 0 Å². The van der Waals surface area contributed by atoms with Crippen LogP contribution < -0.4 is 10.6 Å². The molecule has 0 fully saturated rings. The zero-order valence-corrected chi connectivity index (χ0v) is 18.8. The second kappa shape index (κ2) is 10.2. The van der Waals surface area contributed by atoms with Gasteiger partial charge in [0.1, 0.15) is 6.04 Å². The van der Waals surface area contributed by atoms with Gasteiger partial charge in [-0.2, -0.15) is 0 Å². The predicted molar refractivity (Wildman–Crippen MR) is 124 cm³/mol. The van der Waals surface area contributed by atoms with Crippen molar-refractivity contribution in [2.24, 2.45) is 7.05 Å². The summed E-state index contributed by atoms with van der Waals surface area (Å²) in [5.74, 6) is -0.723. The quantitative estimate of drug-likeness (QED) is 0.558. The maximum atomic E-state index is 12.8. The number of hydrogen-bond donors (Lipinski definition) is 2. The van der Waals surface area contributed by atoms with E-state index in [4.69, 9.17) is 4.74 Å². The number of aryl methyl sites for hydroxylation is 1. The summed E-state index contributed by atoms with van der Waals surface area (Å²) in [6, 6.07) is 8.95. The average Bonchev–Trinajstić information content (AvgIpc) is 3.42. The third-order valence-corrected chi connectivity index (χ3v) is 5.59. The van der Waals surface area contributed by atoms with E-state index in [-0.39, 0.29) is 18.4 Å². The van der Waals surface area contributed by atoms with Gasteiger partial charge in [-0.3, -0.25) is 9.59 Å². The van der Waals surface area contributed by atoms with E-state index < -0.39 is 6.04 Å². The number of thiazole rings is 1. The van der Waals surface area contributed by atoms with E-state index in [1.165, 1.54) is 24.0 Å². The first-order valence-electron chi connectivity index (χ1n) is 9.83. The van der Waals surface area contributed by atoms with Gasteiger partial charge in [-0.1, -0.05) is 24.3 Å². The molecule has 0 saturated carbocycles. The standard InChI is InChI=1S/C23H26N4O3S/c1-5-15(2)16-7-6-8-17(11-16)20-14-31-23(25-20)26-22(29)19(13-30-4)24-21(28)18-9-10-27(3)12-18/h5-12,14,19H,13H2,1-4H3,(H,24,28)(H,25,26,29)/b15-5+. The number of amides is 2. The first-order chi connectivity index (χ1) is 14.9. The van der Waals surface area contributed by atoms with Gasteiger partial charge in [0.05, 0.1) is 17.9 Å². The molecule has 0 aliphatic rings. The van der Waals surface area contributed by atoms with Crippen LogP contribution in [0.1, 0.15) is 29.8 Å². The van der Waals surface area contributed by atoms with E-state index in [0.717, 1.165) is 16.8 Å². The topological polar surface area (TPSA) is 85.3 Å². The molecule has 0 aliphatic heterocycles.